The van der Waals surface area contributed by atoms with E-state index in [9.17, 15) is 9.90 Å². The number of carboxylic acid groups (broad SMARTS) is 1. The van der Waals surface area contributed by atoms with Gasteiger partial charge in [-0.1, -0.05) is 37.6 Å². The number of aromatic hydroxyl groups is 1. The van der Waals surface area contributed by atoms with Gasteiger partial charge >= 0.3 is 5.97 Å². The average molecular weight is 267 g/mol. The fraction of sp³-hybridized carbons (Fsp3) is 0.385. The first kappa shape index (κ1) is 14.6. The van der Waals surface area contributed by atoms with E-state index in [1.54, 1.807) is 12.1 Å². The number of carboxylic acids is 1. The van der Waals surface area contributed by atoms with Crippen LogP contribution in [0.5, 0.6) is 5.75 Å². The van der Waals surface area contributed by atoms with Gasteiger partial charge in [0.15, 0.2) is 0 Å². The third-order valence-corrected chi connectivity index (χ3v) is 3.37. The van der Waals surface area contributed by atoms with Crippen molar-refractivity contribution in [3.8, 4) is 5.75 Å². The predicted molar refractivity (Wildman–Crippen MR) is 71.6 cm³/mol. The molecular weight excluding hydrogens is 250 g/mol. The molecule has 1 rings (SSSR count). The van der Waals surface area contributed by atoms with Crippen LogP contribution >= 0.6 is 11.8 Å². The molecule has 1 aromatic heterocycles. The van der Waals surface area contributed by atoms with Crippen molar-refractivity contribution in [2.24, 2.45) is 0 Å². The lowest BCUT2D eigenvalue weighted by Crippen LogP contribution is -1.97. The van der Waals surface area contributed by atoms with Gasteiger partial charge in [0.1, 0.15) is 10.8 Å². The number of hydrogen-bond donors (Lipinski definition) is 2. The molecule has 0 fully saturated rings. The van der Waals surface area contributed by atoms with Crippen molar-refractivity contribution < 1.29 is 15.0 Å². The van der Waals surface area contributed by atoms with Crippen LogP contribution < -0.4 is 0 Å². The number of pyridine rings is 1. The maximum atomic E-state index is 11.1. The molecule has 0 aliphatic rings. The van der Waals surface area contributed by atoms with Gasteiger partial charge in [-0.05, 0) is 25.0 Å². The standard InChI is InChI=1S/C13H17NO3S/c1-2-3-4-5-8-11(13(16)17)18-12-10(15)7-6-9-14-12/h6-9,15H,2-5H2,1H3,(H,16,17)/b11-8-. The van der Waals surface area contributed by atoms with E-state index < -0.39 is 5.97 Å². The first-order valence-corrected chi connectivity index (χ1v) is 6.72. The zero-order chi connectivity index (χ0) is 13.4. The summed E-state index contributed by atoms with van der Waals surface area (Å²) in [4.78, 5) is 15.2. The molecule has 5 heteroatoms. The van der Waals surface area contributed by atoms with Crippen molar-refractivity contribution in [2.75, 3.05) is 0 Å². The largest absolute Gasteiger partial charge is 0.505 e. The van der Waals surface area contributed by atoms with Gasteiger partial charge in [0.25, 0.3) is 0 Å². The minimum Gasteiger partial charge on any atom is -0.505 e. The highest BCUT2D eigenvalue weighted by molar-refractivity contribution is 8.04. The summed E-state index contributed by atoms with van der Waals surface area (Å²) in [6, 6.07) is 3.09. The zero-order valence-corrected chi connectivity index (χ0v) is 11.1. The Balaban J connectivity index is 2.69. The van der Waals surface area contributed by atoms with Gasteiger partial charge in [0, 0.05) is 6.20 Å². The number of nitrogens with zero attached hydrogens (tertiary/aromatic N) is 1. The lowest BCUT2D eigenvalue weighted by atomic mass is 10.2. The number of hydrogen-bond acceptors (Lipinski definition) is 4. The summed E-state index contributed by atoms with van der Waals surface area (Å²) in [5.74, 6) is -0.982. The minimum atomic E-state index is -0.985. The van der Waals surface area contributed by atoms with E-state index in [0.717, 1.165) is 37.4 Å². The molecule has 0 saturated carbocycles. The SMILES string of the molecule is CCCCC/C=C(\Sc1ncccc1O)C(=O)O. The van der Waals surface area contributed by atoms with E-state index in [2.05, 4.69) is 11.9 Å². The molecule has 1 aromatic rings. The smallest absolute Gasteiger partial charge is 0.342 e. The molecule has 4 nitrogen and oxygen atoms in total. The Kier molecular flexibility index (Phi) is 6.28. The first-order chi connectivity index (χ1) is 8.65. The summed E-state index contributed by atoms with van der Waals surface area (Å²) in [6.45, 7) is 2.10. The molecule has 0 radical (unpaired) electrons. The summed E-state index contributed by atoms with van der Waals surface area (Å²) in [7, 11) is 0. The highest BCUT2D eigenvalue weighted by Crippen LogP contribution is 2.31. The number of aromatic nitrogens is 1. The van der Waals surface area contributed by atoms with Crippen molar-refractivity contribution in [1.82, 2.24) is 4.98 Å². The maximum absolute atomic E-state index is 11.1. The van der Waals surface area contributed by atoms with Gasteiger partial charge in [0.05, 0.1) is 4.91 Å². The Hall–Kier alpha value is -1.49. The molecular formula is C13H17NO3S. The van der Waals surface area contributed by atoms with Crippen LogP contribution in [0.2, 0.25) is 0 Å². The fourth-order valence-electron chi connectivity index (χ4n) is 1.37. The van der Waals surface area contributed by atoms with Crippen molar-refractivity contribution in [3.63, 3.8) is 0 Å². The number of rotatable bonds is 7. The van der Waals surface area contributed by atoms with E-state index in [1.165, 1.54) is 12.3 Å². The molecule has 0 unspecified atom stereocenters. The molecule has 18 heavy (non-hydrogen) atoms. The van der Waals surface area contributed by atoms with Crippen molar-refractivity contribution >= 4 is 17.7 Å². The second-order valence-corrected chi connectivity index (χ2v) is 4.83. The molecule has 0 saturated heterocycles. The van der Waals surface area contributed by atoms with Crippen LogP contribution in [0.15, 0.2) is 34.3 Å². The Morgan fingerprint density at radius 1 is 1.50 bits per heavy atom. The molecule has 0 aromatic carbocycles. The predicted octanol–water partition coefficient (Wildman–Crippen LogP) is 3.43. The summed E-state index contributed by atoms with van der Waals surface area (Å²) in [5.41, 5.74) is 0. The second-order valence-electron chi connectivity index (χ2n) is 3.80. The van der Waals surface area contributed by atoms with E-state index in [1.807, 2.05) is 0 Å². The quantitative estimate of drug-likeness (QED) is 0.450. The van der Waals surface area contributed by atoms with Gasteiger partial charge in [-0.25, -0.2) is 9.78 Å². The number of aliphatic carboxylic acids is 1. The maximum Gasteiger partial charge on any atom is 0.342 e. The Morgan fingerprint density at radius 2 is 2.28 bits per heavy atom. The van der Waals surface area contributed by atoms with Crippen LogP contribution in [0.25, 0.3) is 0 Å². The van der Waals surface area contributed by atoms with Crippen LogP contribution in [0.4, 0.5) is 0 Å². The molecule has 0 amide bonds. The average Bonchev–Trinajstić information content (AvgIpc) is 2.35. The van der Waals surface area contributed by atoms with Crippen LogP contribution in [-0.2, 0) is 4.79 Å². The third-order valence-electron chi connectivity index (χ3n) is 2.31. The second kappa shape index (κ2) is 7.76. The summed E-state index contributed by atoms with van der Waals surface area (Å²) in [5, 5.41) is 19.0. The number of carbonyl (C=O) groups is 1. The van der Waals surface area contributed by atoms with Crippen LogP contribution in [0, 0.1) is 0 Å². The van der Waals surface area contributed by atoms with Crippen LogP contribution in [0.1, 0.15) is 32.6 Å². The van der Waals surface area contributed by atoms with E-state index in [4.69, 9.17) is 5.11 Å². The molecule has 2 N–H and O–H groups in total. The monoisotopic (exact) mass is 267 g/mol. The van der Waals surface area contributed by atoms with Crippen molar-refractivity contribution in [1.29, 1.82) is 0 Å². The minimum absolute atomic E-state index is 0.00297. The van der Waals surface area contributed by atoms with E-state index in [0.29, 0.717) is 5.03 Å². The lowest BCUT2D eigenvalue weighted by molar-refractivity contribution is -0.131. The normalized spacial score (nSPS) is 11.5. The fourth-order valence-corrected chi connectivity index (χ4v) is 2.15. The summed E-state index contributed by atoms with van der Waals surface area (Å²) < 4.78 is 0. The molecule has 0 aliphatic heterocycles. The van der Waals surface area contributed by atoms with Gasteiger partial charge in [-0.3, -0.25) is 0 Å². The Bertz CT molecular complexity index is 432. The number of unbranched alkanes of at least 4 members (excludes halogenated alkanes) is 3. The molecule has 0 bridgehead atoms. The topological polar surface area (TPSA) is 70.4 Å². The molecule has 0 aliphatic carbocycles. The summed E-state index contributed by atoms with van der Waals surface area (Å²) >= 11 is 0.982. The first-order valence-electron chi connectivity index (χ1n) is 5.90. The van der Waals surface area contributed by atoms with Gasteiger partial charge < -0.3 is 10.2 Å². The highest BCUT2D eigenvalue weighted by Gasteiger charge is 2.12. The van der Waals surface area contributed by atoms with Crippen LogP contribution in [0.3, 0.4) is 0 Å². The molecule has 0 spiro atoms. The van der Waals surface area contributed by atoms with Crippen molar-refractivity contribution in [3.05, 3.63) is 29.3 Å². The van der Waals surface area contributed by atoms with E-state index >= 15 is 0 Å². The van der Waals surface area contributed by atoms with Gasteiger partial charge in [0.2, 0.25) is 0 Å². The highest BCUT2D eigenvalue weighted by atomic mass is 32.2. The third kappa shape index (κ3) is 4.79. The summed E-state index contributed by atoms with van der Waals surface area (Å²) in [6.07, 6.45) is 7.11. The zero-order valence-electron chi connectivity index (χ0n) is 10.3. The molecule has 98 valence electrons. The Labute approximate surface area is 111 Å². The van der Waals surface area contributed by atoms with Crippen LogP contribution in [-0.4, -0.2) is 21.2 Å². The number of thioether (sulfide) groups is 1. The lowest BCUT2D eigenvalue weighted by Gasteiger charge is -2.03. The van der Waals surface area contributed by atoms with E-state index in [-0.39, 0.29) is 10.7 Å². The van der Waals surface area contributed by atoms with Crippen molar-refractivity contribution in [2.45, 2.75) is 37.6 Å². The van der Waals surface area contributed by atoms with Gasteiger partial charge in [-0.15, -0.1) is 0 Å². The molecule has 0 atom stereocenters. The molecule has 1 heterocycles. The van der Waals surface area contributed by atoms with Gasteiger partial charge in [-0.2, -0.15) is 0 Å². The number of allylic oxidation sites excluding steroid dienone is 1. The Morgan fingerprint density at radius 3 is 2.89 bits per heavy atom.